The molecular formula is C13H16N4O2S. The van der Waals surface area contributed by atoms with Crippen LogP contribution in [-0.4, -0.2) is 30.4 Å². The Bertz CT molecular complexity index is 693. The maximum Gasteiger partial charge on any atom is 0.264 e. The Labute approximate surface area is 120 Å². The van der Waals surface area contributed by atoms with Crippen LogP contribution in [0.3, 0.4) is 0 Å². The fourth-order valence-electron chi connectivity index (χ4n) is 1.97. The average Bonchev–Trinajstić information content (AvgIpc) is 2.72. The second-order valence-corrected chi connectivity index (χ2v) is 5.46. The predicted octanol–water partition coefficient (Wildman–Crippen LogP) is 0.971. The molecule has 20 heavy (non-hydrogen) atoms. The summed E-state index contributed by atoms with van der Waals surface area (Å²) in [5.74, 6) is -0.616. The van der Waals surface area contributed by atoms with Gasteiger partial charge in [-0.3, -0.25) is 9.59 Å². The van der Waals surface area contributed by atoms with Crippen LogP contribution in [0, 0.1) is 13.8 Å². The van der Waals surface area contributed by atoms with Crippen LogP contribution < -0.4 is 16.4 Å². The molecule has 0 saturated heterocycles. The van der Waals surface area contributed by atoms with Gasteiger partial charge in [-0.15, -0.1) is 11.3 Å². The number of hydrogen-bond donors (Lipinski definition) is 3. The van der Waals surface area contributed by atoms with Crippen LogP contribution in [0.25, 0.3) is 10.2 Å². The van der Waals surface area contributed by atoms with E-state index < -0.39 is 0 Å². The van der Waals surface area contributed by atoms with E-state index in [0.717, 1.165) is 21.5 Å². The van der Waals surface area contributed by atoms with Crippen LogP contribution in [0.5, 0.6) is 0 Å². The zero-order valence-electron chi connectivity index (χ0n) is 11.5. The number of nitrogens with two attached hydrogens (primary N) is 1. The second-order valence-electron chi connectivity index (χ2n) is 4.46. The first kappa shape index (κ1) is 14.3. The summed E-state index contributed by atoms with van der Waals surface area (Å²) in [6.45, 7) is 3.76. The van der Waals surface area contributed by atoms with Gasteiger partial charge >= 0.3 is 0 Å². The number of aryl methyl sites for hydroxylation is 2. The molecule has 2 heterocycles. The van der Waals surface area contributed by atoms with Crippen LogP contribution in [0.2, 0.25) is 0 Å². The number of rotatable bonds is 3. The minimum absolute atomic E-state index is 0.0749. The number of nitrogen functional groups attached to an aromatic ring is 1. The molecule has 0 radical (unpaired) electrons. The van der Waals surface area contributed by atoms with Crippen LogP contribution in [0.4, 0.5) is 5.69 Å². The Balaban J connectivity index is 2.35. The number of thiophene rings is 1. The standard InChI is InChI=1S/C13H16N4O2S/c1-6-4-7(2)17-13-9(6)10(14)11(20-13)12(19)16-5-8(18)15-3/h4H,5,14H2,1-3H3,(H,15,18)(H,16,19). The van der Waals surface area contributed by atoms with Crippen molar-refractivity contribution >= 4 is 39.1 Å². The number of hydrogen-bond acceptors (Lipinski definition) is 5. The fraction of sp³-hybridized carbons (Fsp3) is 0.308. The van der Waals surface area contributed by atoms with Crippen molar-refractivity contribution < 1.29 is 9.59 Å². The van der Waals surface area contributed by atoms with Gasteiger partial charge in [0.05, 0.1) is 12.2 Å². The molecule has 2 amide bonds. The highest BCUT2D eigenvalue weighted by atomic mass is 32.1. The minimum Gasteiger partial charge on any atom is -0.397 e. The third-order valence-electron chi connectivity index (χ3n) is 2.92. The molecule has 0 aromatic carbocycles. The third kappa shape index (κ3) is 2.57. The molecule has 0 aliphatic heterocycles. The van der Waals surface area contributed by atoms with Gasteiger partial charge in [-0.25, -0.2) is 4.98 Å². The van der Waals surface area contributed by atoms with Gasteiger partial charge in [-0.05, 0) is 25.5 Å². The topological polar surface area (TPSA) is 97.1 Å². The number of carbonyl (C=O) groups excluding carboxylic acids is 2. The lowest BCUT2D eigenvalue weighted by atomic mass is 10.1. The Morgan fingerprint density at radius 2 is 2.10 bits per heavy atom. The Hall–Kier alpha value is -2.15. The van der Waals surface area contributed by atoms with Crippen molar-refractivity contribution in [2.45, 2.75) is 13.8 Å². The number of amides is 2. The molecule has 0 aliphatic rings. The number of anilines is 1. The van der Waals surface area contributed by atoms with E-state index in [0.29, 0.717) is 10.6 Å². The van der Waals surface area contributed by atoms with E-state index in [1.54, 1.807) is 0 Å². The molecule has 0 unspecified atom stereocenters. The van der Waals surface area contributed by atoms with E-state index in [4.69, 9.17) is 5.73 Å². The molecule has 6 nitrogen and oxygen atoms in total. The molecule has 0 saturated carbocycles. The van der Waals surface area contributed by atoms with Gasteiger partial charge in [-0.2, -0.15) is 0 Å². The molecule has 2 rings (SSSR count). The summed E-state index contributed by atoms with van der Waals surface area (Å²) in [6, 6.07) is 1.93. The summed E-state index contributed by atoms with van der Waals surface area (Å²) in [4.78, 5) is 28.7. The Kier molecular flexibility index (Phi) is 3.89. The summed E-state index contributed by atoms with van der Waals surface area (Å²) < 4.78 is 0. The summed E-state index contributed by atoms with van der Waals surface area (Å²) >= 11 is 1.24. The molecule has 0 fully saturated rings. The minimum atomic E-state index is -0.355. The number of nitrogens with zero attached hydrogens (tertiary/aromatic N) is 1. The fourth-order valence-corrected chi connectivity index (χ4v) is 3.10. The molecule has 106 valence electrons. The van der Waals surface area contributed by atoms with E-state index in [9.17, 15) is 9.59 Å². The highest BCUT2D eigenvalue weighted by molar-refractivity contribution is 7.21. The van der Waals surface area contributed by atoms with E-state index in [1.165, 1.54) is 18.4 Å². The van der Waals surface area contributed by atoms with E-state index in [1.807, 2.05) is 19.9 Å². The van der Waals surface area contributed by atoms with Crippen LogP contribution in [-0.2, 0) is 4.79 Å². The quantitative estimate of drug-likeness (QED) is 0.785. The second kappa shape index (κ2) is 5.46. The van der Waals surface area contributed by atoms with Gasteiger partial charge in [-0.1, -0.05) is 0 Å². The Morgan fingerprint density at radius 3 is 2.75 bits per heavy atom. The van der Waals surface area contributed by atoms with E-state index >= 15 is 0 Å². The summed E-state index contributed by atoms with van der Waals surface area (Å²) in [6.07, 6.45) is 0. The lowest BCUT2D eigenvalue weighted by molar-refractivity contribution is -0.119. The van der Waals surface area contributed by atoms with Crippen molar-refractivity contribution in [1.82, 2.24) is 15.6 Å². The van der Waals surface area contributed by atoms with Crippen LogP contribution in [0.1, 0.15) is 20.9 Å². The molecule has 2 aromatic heterocycles. The zero-order valence-corrected chi connectivity index (χ0v) is 12.4. The van der Waals surface area contributed by atoms with Gasteiger partial charge in [0.25, 0.3) is 5.91 Å². The van der Waals surface area contributed by atoms with E-state index in [-0.39, 0.29) is 18.4 Å². The Morgan fingerprint density at radius 1 is 1.40 bits per heavy atom. The summed E-state index contributed by atoms with van der Waals surface area (Å²) in [5.41, 5.74) is 8.33. The predicted molar refractivity (Wildman–Crippen MR) is 79.9 cm³/mol. The molecule has 4 N–H and O–H groups in total. The van der Waals surface area contributed by atoms with Gasteiger partial charge in [0.15, 0.2) is 0 Å². The van der Waals surface area contributed by atoms with Gasteiger partial charge in [0, 0.05) is 18.1 Å². The van der Waals surface area contributed by atoms with Crippen molar-refractivity contribution in [2.75, 3.05) is 19.3 Å². The van der Waals surface area contributed by atoms with Crippen molar-refractivity contribution in [1.29, 1.82) is 0 Å². The van der Waals surface area contributed by atoms with E-state index in [2.05, 4.69) is 15.6 Å². The van der Waals surface area contributed by atoms with Crippen molar-refractivity contribution in [3.05, 3.63) is 22.2 Å². The van der Waals surface area contributed by atoms with Crippen molar-refractivity contribution in [3.8, 4) is 0 Å². The SMILES string of the molecule is CNC(=O)CNC(=O)c1sc2nc(C)cc(C)c2c1N. The lowest BCUT2D eigenvalue weighted by Gasteiger charge is -2.03. The van der Waals surface area contributed by atoms with Gasteiger partial charge < -0.3 is 16.4 Å². The zero-order chi connectivity index (χ0) is 14.9. The van der Waals surface area contributed by atoms with Gasteiger partial charge in [0.1, 0.15) is 9.71 Å². The summed E-state index contributed by atoms with van der Waals surface area (Å²) in [7, 11) is 1.51. The third-order valence-corrected chi connectivity index (χ3v) is 4.02. The smallest absolute Gasteiger partial charge is 0.264 e. The molecule has 7 heteroatoms. The van der Waals surface area contributed by atoms with Crippen LogP contribution >= 0.6 is 11.3 Å². The number of fused-ring (bicyclic) bond motifs is 1. The lowest BCUT2D eigenvalue weighted by Crippen LogP contribution is -2.35. The first-order valence-corrected chi connectivity index (χ1v) is 6.90. The number of carbonyl (C=O) groups is 2. The molecule has 2 aromatic rings. The largest absolute Gasteiger partial charge is 0.397 e. The maximum absolute atomic E-state index is 12.1. The molecular weight excluding hydrogens is 276 g/mol. The number of aromatic nitrogens is 1. The highest BCUT2D eigenvalue weighted by Gasteiger charge is 2.19. The summed E-state index contributed by atoms with van der Waals surface area (Å²) in [5, 5.41) is 5.78. The maximum atomic E-state index is 12.1. The van der Waals surface area contributed by atoms with Crippen molar-refractivity contribution in [2.24, 2.45) is 0 Å². The van der Waals surface area contributed by atoms with Gasteiger partial charge in [0.2, 0.25) is 5.91 Å². The monoisotopic (exact) mass is 292 g/mol. The molecule has 0 atom stereocenters. The van der Waals surface area contributed by atoms with Crippen molar-refractivity contribution in [3.63, 3.8) is 0 Å². The number of pyridine rings is 1. The highest BCUT2D eigenvalue weighted by Crippen LogP contribution is 2.34. The number of likely N-dealkylation sites (N-methyl/N-ethyl adjacent to an activating group) is 1. The first-order valence-electron chi connectivity index (χ1n) is 6.09. The molecule has 0 aliphatic carbocycles. The first-order chi connectivity index (χ1) is 9.43. The normalized spacial score (nSPS) is 10.6. The number of nitrogens with one attached hydrogen (secondary N) is 2. The molecule has 0 bridgehead atoms. The molecule has 0 spiro atoms. The average molecular weight is 292 g/mol. The van der Waals surface area contributed by atoms with Crippen LogP contribution in [0.15, 0.2) is 6.07 Å².